The number of hydrogen-bond donors (Lipinski definition) is 0. The van der Waals surface area contributed by atoms with Crippen molar-refractivity contribution in [2.75, 3.05) is 0 Å². The Balaban J connectivity index is 2.03. The van der Waals surface area contributed by atoms with Crippen LogP contribution in [0.4, 0.5) is 0 Å². The maximum absolute atomic E-state index is 11.8. The van der Waals surface area contributed by atoms with Crippen molar-refractivity contribution in [2.45, 2.75) is 26.7 Å². The molecule has 0 aromatic heterocycles. The number of rotatable bonds is 0. The highest BCUT2D eigenvalue weighted by molar-refractivity contribution is 5.92. The molecule has 64 valence electrons. The average molecular weight is 162 g/mol. The molecule has 2 fully saturated rings. The van der Waals surface area contributed by atoms with Crippen molar-refractivity contribution in [3.63, 3.8) is 0 Å². The highest BCUT2D eigenvalue weighted by Gasteiger charge is 2.59. The number of carbonyl (C=O) groups is 1. The first-order chi connectivity index (χ1) is 5.72. The Labute approximate surface area is 72.8 Å². The van der Waals surface area contributed by atoms with Crippen LogP contribution in [0.25, 0.3) is 0 Å². The molecule has 0 aliphatic heterocycles. The molecular weight excluding hydrogens is 148 g/mol. The van der Waals surface area contributed by atoms with E-state index in [2.05, 4.69) is 13.8 Å². The largest absolute Gasteiger partial charge is 0.299 e. The lowest BCUT2D eigenvalue weighted by molar-refractivity contribution is -0.125. The lowest BCUT2D eigenvalue weighted by atomic mass is 9.64. The Morgan fingerprint density at radius 1 is 1.17 bits per heavy atom. The van der Waals surface area contributed by atoms with Gasteiger partial charge >= 0.3 is 0 Å². The summed E-state index contributed by atoms with van der Waals surface area (Å²) in [5.74, 6) is 2.83. The molecule has 1 heteroatoms. The molecule has 2 saturated carbocycles. The van der Waals surface area contributed by atoms with Gasteiger partial charge in [0.25, 0.3) is 0 Å². The van der Waals surface area contributed by atoms with Crippen LogP contribution < -0.4 is 0 Å². The highest BCUT2D eigenvalue weighted by atomic mass is 16.1. The smallest absolute Gasteiger partial charge is 0.143 e. The van der Waals surface area contributed by atoms with E-state index in [4.69, 9.17) is 0 Å². The second-order valence-electron chi connectivity index (χ2n) is 4.62. The maximum atomic E-state index is 11.8. The Morgan fingerprint density at radius 2 is 1.92 bits per heavy atom. The fourth-order valence-electron chi connectivity index (χ4n) is 3.43. The highest BCUT2D eigenvalue weighted by Crippen LogP contribution is 2.61. The summed E-state index contributed by atoms with van der Waals surface area (Å²) in [6, 6.07) is 0. The summed E-state index contributed by atoms with van der Waals surface area (Å²) in [6.07, 6.45) is 2.49. The molecule has 1 nitrogen and oxygen atoms in total. The number of hydrogen-bond acceptors (Lipinski definition) is 1. The molecule has 0 amide bonds. The van der Waals surface area contributed by atoms with Crippen molar-refractivity contribution in [3.05, 3.63) is 11.1 Å². The van der Waals surface area contributed by atoms with E-state index in [0.29, 0.717) is 23.5 Å². The van der Waals surface area contributed by atoms with Gasteiger partial charge in [0.05, 0.1) is 0 Å². The first-order valence-electron chi connectivity index (χ1n) is 4.93. The van der Waals surface area contributed by atoms with Gasteiger partial charge < -0.3 is 0 Å². The predicted molar refractivity (Wildman–Crippen MR) is 46.6 cm³/mol. The molecule has 0 aromatic carbocycles. The quantitative estimate of drug-likeness (QED) is 0.499. The Bertz CT molecular complexity index is 300. The summed E-state index contributed by atoms with van der Waals surface area (Å²) >= 11 is 0. The van der Waals surface area contributed by atoms with Gasteiger partial charge in [-0.1, -0.05) is 11.1 Å². The summed E-state index contributed by atoms with van der Waals surface area (Å²) in [5, 5.41) is 0. The van der Waals surface area contributed by atoms with Crippen LogP contribution in [0.5, 0.6) is 0 Å². The predicted octanol–water partition coefficient (Wildman–Crippen LogP) is 2.18. The second kappa shape index (κ2) is 1.84. The molecular formula is C11H14O. The van der Waals surface area contributed by atoms with Crippen LogP contribution in [0.3, 0.4) is 0 Å². The SMILES string of the molecule is CC1=C(C)[C@@H]2[C@H]1C(=O)[C@@H]1CC[C@H]21. The van der Waals surface area contributed by atoms with Crippen LogP contribution in [-0.2, 0) is 4.79 Å². The molecule has 0 unspecified atom stereocenters. The van der Waals surface area contributed by atoms with Crippen LogP contribution in [0, 0.1) is 23.7 Å². The van der Waals surface area contributed by atoms with Crippen LogP contribution in [0.2, 0.25) is 0 Å². The van der Waals surface area contributed by atoms with Crippen molar-refractivity contribution in [2.24, 2.45) is 23.7 Å². The minimum atomic E-state index is 0.363. The summed E-state index contributed by atoms with van der Waals surface area (Å²) < 4.78 is 0. The summed E-state index contributed by atoms with van der Waals surface area (Å²) in [7, 11) is 0. The molecule has 0 N–H and O–H groups in total. The average Bonchev–Trinajstić information content (AvgIpc) is 2.16. The first-order valence-corrected chi connectivity index (χ1v) is 4.93. The van der Waals surface area contributed by atoms with E-state index in [9.17, 15) is 4.79 Å². The van der Waals surface area contributed by atoms with E-state index in [-0.39, 0.29) is 0 Å². The number of carbonyl (C=O) groups excluding carboxylic acids is 1. The minimum absolute atomic E-state index is 0.363. The van der Waals surface area contributed by atoms with Gasteiger partial charge in [0.2, 0.25) is 0 Å². The zero-order chi connectivity index (χ0) is 8.46. The normalized spacial score (nSPS) is 49.7. The van der Waals surface area contributed by atoms with E-state index in [0.717, 1.165) is 5.92 Å². The molecule has 0 radical (unpaired) electrons. The first kappa shape index (κ1) is 6.88. The van der Waals surface area contributed by atoms with Crippen molar-refractivity contribution >= 4 is 5.78 Å². The topological polar surface area (TPSA) is 17.1 Å². The van der Waals surface area contributed by atoms with Crippen molar-refractivity contribution in [1.29, 1.82) is 0 Å². The minimum Gasteiger partial charge on any atom is -0.299 e. The standard InChI is InChI=1S/C11H14O/c1-5-6(2)10-9(5)7-3-4-8(7)11(10)12/h7-10H,3-4H2,1-2H3/t7-,8+,9-,10-/m0/s1. The van der Waals surface area contributed by atoms with E-state index in [1.807, 2.05) is 0 Å². The zero-order valence-corrected chi connectivity index (χ0v) is 7.63. The van der Waals surface area contributed by atoms with E-state index < -0.39 is 0 Å². The number of ketones is 1. The second-order valence-corrected chi connectivity index (χ2v) is 4.62. The lowest BCUT2D eigenvalue weighted by Crippen LogP contribution is -2.31. The molecule has 0 aromatic rings. The molecule has 12 heavy (non-hydrogen) atoms. The molecule has 0 heterocycles. The Hall–Kier alpha value is -0.590. The monoisotopic (exact) mass is 162 g/mol. The molecule has 4 atom stereocenters. The maximum Gasteiger partial charge on any atom is 0.143 e. The fraction of sp³-hybridized carbons (Fsp3) is 0.727. The molecule has 0 spiro atoms. The third kappa shape index (κ3) is 0.502. The summed E-state index contributed by atoms with van der Waals surface area (Å²) in [4.78, 5) is 11.8. The Kier molecular flexibility index (Phi) is 1.05. The fourth-order valence-corrected chi connectivity index (χ4v) is 3.43. The van der Waals surface area contributed by atoms with E-state index in [1.54, 1.807) is 0 Å². The van der Waals surface area contributed by atoms with Crippen LogP contribution in [0.1, 0.15) is 26.7 Å². The lowest BCUT2D eigenvalue weighted by Gasteiger charge is -2.39. The number of allylic oxidation sites excluding steroid dienone is 2. The third-order valence-corrected chi connectivity index (χ3v) is 4.41. The van der Waals surface area contributed by atoms with Crippen molar-refractivity contribution < 1.29 is 4.79 Å². The van der Waals surface area contributed by atoms with Crippen molar-refractivity contribution in [3.8, 4) is 0 Å². The van der Waals surface area contributed by atoms with Gasteiger partial charge in [0.1, 0.15) is 5.78 Å². The molecule has 3 aliphatic carbocycles. The zero-order valence-electron chi connectivity index (χ0n) is 7.63. The molecule has 0 bridgehead atoms. The summed E-state index contributed by atoms with van der Waals surface area (Å²) in [5.41, 5.74) is 2.92. The third-order valence-electron chi connectivity index (χ3n) is 4.41. The van der Waals surface area contributed by atoms with Crippen molar-refractivity contribution in [1.82, 2.24) is 0 Å². The number of fused-ring (bicyclic) bond motifs is 3. The van der Waals surface area contributed by atoms with Gasteiger partial charge in [-0.25, -0.2) is 0 Å². The van der Waals surface area contributed by atoms with Gasteiger partial charge in [-0.3, -0.25) is 4.79 Å². The van der Waals surface area contributed by atoms with Gasteiger partial charge in [0, 0.05) is 11.8 Å². The van der Waals surface area contributed by atoms with Gasteiger partial charge in [-0.15, -0.1) is 0 Å². The van der Waals surface area contributed by atoms with Crippen LogP contribution in [-0.4, -0.2) is 5.78 Å². The summed E-state index contributed by atoms with van der Waals surface area (Å²) in [6.45, 7) is 4.35. The number of Topliss-reactive ketones (excluding diaryl/α,β-unsaturated/α-hetero) is 1. The van der Waals surface area contributed by atoms with Gasteiger partial charge in [-0.05, 0) is 38.5 Å². The van der Waals surface area contributed by atoms with Crippen LogP contribution in [0.15, 0.2) is 11.1 Å². The van der Waals surface area contributed by atoms with E-state index >= 15 is 0 Å². The molecule has 0 saturated heterocycles. The van der Waals surface area contributed by atoms with Crippen LogP contribution >= 0.6 is 0 Å². The molecule has 3 aliphatic rings. The van der Waals surface area contributed by atoms with E-state index in [1.165, 1.54) is 24.0 Å². The van der Waals surface area contributed by atoms with Gasteiger partial charge in [0.15, 0.2) is 0 Å². The Morgan fingerprint density at radius 3 is 2.50 bits per heavy atom. The molecule has 3 rings (SSSR count). The van der Waals surface area contributed by atoms with Gasteiger partial charge in [-0.2, -0.15) is 0 Å².